The molecule has 1 aromatic rings. The molecule has 0 aliphatic heterocycles. The molecule has 1 aromatic carbocycles. The third-order valence-corrected chi connectivity index (χ3v) is 5.49. The van der Waals surface area contributed by atoms with Gasteiger partial charge >= 0.3 is 68.2 Å². The first kappa shape index (κ1) is 9.81. The summed E-state index contributed by atoms with van der Waals surface area (Å²) in [6.45, 7) is 0. The molecule has 0 unspecified atom stereocenters. The zero-order valence-corrected chi connectivity index (χ0v) is 8.64. The Balaban J connectivity index is 3.36. The van der Waals surface area contributed by atoms with Gasteiger partial charge in [-0.25, -0.2) is 0 Å². The van der Waals surface area contributed by atoms with Crippen LogP contribution in [0.15, 0.2) is 30.3 Å². The van der Waals surface area contributed by atoms with Gasteiger partial charge in [-0.1, -0.05) is 0 Å². The van der Waals surface area contributed by atoms with Crippen LogP contribution in [-0.4, -0.2) is 17.7 Å². The van der Waals surface area contributed by atoms with Crippen LogP contribution in [0.2, 0.25) is 4.97 Å². The van der Waals surface area contributed by atoms with Gasteiger partial charge in [0.05, 0.1) is 0 Å². The Morgan fingerprint density at radius 2 is 1.33 bits per heavy atom. The predicted molar refractivity (Wildman–Crippen MR) is 42.1 cm³/mol. The van der Waals surface area contributed by atoms with Crippen molar-refractivity contribution < 1.29 is 11.6 Å². The normalized spacial score (nSPS) is 18.1. The number of hydrogen-bond donors (Lipinski definition) is 0. The van der Waals surface area contributed by atoms with E-state index in [4.69, 9.17) is 0 Å². The minimum atomic E-state index is -8.75. The topological polar surface area (TPSA) is 0 Å². The maximum absolute atomic E-state index is 12.7. The second kappa shape index (κ2) is 1.97. The fourth-order valence-corrected chi connectivity index (χ4v) is 3.16. The summed E-state index contributed by atoms with van der Waals surface area (Å²) in [6.07, 6.45) is 0. The summed E-state index contributed by atoms with van der Waals surface area (Å²) < 4.78 is 49.6. The molecule has 70 valence electrons. The van der Waals surface area contributed by atoms with Gasteiger partial charge in [-0.05, 0) is 0 Å². The van der Waals surface area contributed by atoms with Crippen molar-refractivity contribution in [2.75, 3.05) is 0 Å². The quantitative estimate of drug-likeness (QED) is 0.552. The van der Waals surface area contributed by atoms with Gasteiger partial charge in [-0.15, -0.1) is 0 Å². The van der Waals surface area contributed by atoms with Crippen LogP contribution in [0.25, 0.3) is 0 Å². The number of benzene rings is 1. The van der Waals surface area contributed by atoms with Crippen molar-refractivity contribution in [1.82, 2.24) is 0 Å². The Kier molecular flexibility index (Phi) is 1.61. The van der Waals surface area contributed by atoms with E-state index in [0.717, 1.165) is 12.1 Å². The van der Waals surface area contributed by atoms with Gasteiger partial charge in [0.25, 0.3) is 0 Å². The molecule has 0 fully saturated rings. The van der Waals surface area contributed by atoms with Crippen LogP contribution < -0.4 is 3.61 Å². The van der Waals surface area contributed by atoms with Gasteiger partial charge in [0, 0.05) is 0 Å². The van der Waals surface area contributed by atoms with Crippen molar-refractivity contribution in [3.63, 3.8) is 0 Å². The summed E-state index contributed by atoms with van der Waals surface area (Å²) >= 11 is -8.75. The van der Waals surface area contributed by atoms with E-state index in [1.165, 1.54) is 18.2 Å². The molecule has 0 N–H and O–H groups in total. The number of hydrogen-bond acceptors (Lipinski definition) is 0. The molecule has 0 heterocycles. The van der Waals surface area contributed by atoms with Gasteiger partial charge < -0.3 is 0 Å². The van der Waals surface area contributed by atoms with Crippen molar-refractivity contribution in [2.24, 2.45) is 0 Å². The van der Waals surface area contributed by atoms with E-state index >= 15 is 0 Å². The van der Waals surface area contributed by atoms with Crippen LogP contribution >= 0.6 is 0 Å². The fraction of sp³-hybridized carbons (Fsp3) is 0.143. The Hall–Kier alpha value is -0.270. The monoisotopic (exact) mass is 298 g/mol. The van der Waals surface area contributed by atoms with E-state index in [1.807, 2.05) is 0 Å². The van der Waals surface area contributed by atoms with Gasteiger partial charge in [0.2, 0.25) is 0 Å². The van der Waals surface area contributed by atoms with E-state index < -0.39 is 21.3 Å². The number of halogens is 4. The first-order chi connectivity index (χ1) is 5.09. The van der Waals surface area contributed by atoms with Crippen LogP contribution in [0, 0.1) is 0 Å². The summed E-state index contributed by atoms with van der Waals surface area (Å²) in [4.78, 5) is -0.211. The Labute approximate surface area is 68.4 Å². The Morgan fingerprint density at radius 1 is 0.917 bits per heavy atom. The van der Waals surface area contributed by atoms with E-state index in [2.05, 4.69) is 0 Å². The number of rotatable bonds is 1. The second-order valence-corrected chi connectivity index (χ2v) is 12.6. The van der Waals surface area contributed by atoms with E-state index in [9.17, 15) is 11.6 Å². The minimum absolute atomic E-state index is 0.211. The summed E-state index contributed by atoms with van der Waals surface area (Å²) in [5, 5.41) is 0. The predicted octanol–water partition coefficient (Wildman–Crippen LogP) is 2.75. The van der Waals surface area contributed by atoms with Crippen molar-refractivity contribution in [1.29, 1.82) is 0 Å². The average Bonchev–Trinajstić information content (AvgIpc) is 1.85. The first-order valence-electron chi connectivity index (χ1n) is 3.14. The summed E-state index contributed by atoms with van der Waals surface area (Å²) in [5.74, 6) is 0. The van der Waals surface area contributed by atoms with E-state index in [1.54, 1.807) is 0 Å². The van der Waals surface area contributed by atoms with Crippen LogP contribution in [0.1, 0.15) is 0 Å². The Bertz CT molecular complexity index is 285. The zero-order valence-electron chi connectivity index (χ0n) is 6.31. The van der Waals surface area contributed by atoms with E-state index in [-0.39, 0.29) is 4.97 Å². The molecule has 0 spiro atoms. The molecule has 0 amide bonds. The molecule has 0 bridgehead atoms. The molecule has 0 atom stereocenters. The van der Waals surface area contributed by atoms with Gasteiger partial charge in [-0.2, -0.15) is 0 Å². The standard InChI is InChI=1S/C7H8F4Te/c1-12(8,9,10,11)7-5-3-2-4-6-7/h2-6H,1H3. The van der Waals surface area contributed by atoms with Crippen molar-refractivity contribution >= 4 is 21.3 Å². The van der Waals surface area contributed by atoms with E-state index in [0.29, 0.717) is 0 Å². The molecule has 0 saturated heterocycles. The fourth-order valence-electron chi connectivity index (χ4n) is 0.762. The average molecular weight is 296 g/mol. The molecule has 5 heteroatoms. The van der Waals surface area contributed by atoms with Crippen LogP contribution in [0.3, 0.4) is 0 Å². The molecular formula is C7H8F4Te. The molecule has 0 aromatic heterocycles. The molecule has 0 aliphatic rings. The van der Waals surface area contributed by atoms with Crippen LogP contribution in [0.4, 0.5) is 11.6 Å². The molecular weight excluding hydrogens is 288 g/mol. The van der Waals surface area contributed by atoms with Gasteiger partial charge in [-0.3, -0.25) is 0 Å². The molecule has 1 rings (SSSR count). The third kappa shape index (κ3) is 2.36. The summed E-state index contributed by atoms with van der Waals surface area (Å²) in [5.41, 5.74) is 0. The molecule has 12 heavy (non-hydrogen) atoms. The molecule has 0 radical (unpaired) electrons. The summed E-state index contributed by atoms with van der Waals surface area (Å²) in [7, 11) is 0. The third-order valence-electron chi connectivity index (χ3n) is 1.34. The van der Waals surface area contributed by atoms with Crippen LogP contribution in [-0.2, 0) is 0 Å². The SMILES string of the molecule is C[Te](F)(F)(F)(F)c1ccccc1. The first-order valence-corrected chi connectivity index (χ1v) is 10.2. The second-order valence-electron chi connectivity index (χ2n) is 2.79. The van der Waals surface area contributed by atoms with Crippen LogP contribution in [0.5, 0.6) is 0 Å². The van der Waals surface area contributed by atoms with Crippen molar-refractivity contribution in [3.8, 4) is 0 Å². The molecule has 0 saturated carbocycles. The van der Waals surface area contributed by atoms with Gasteiger partial charge in [0.15, 0.2) is 0 Å². The molecule has 0 aliphatic carbocycles. The Morgan fingerprint density at radius 3 is 1.58 bits per heavy atom. The zero-order chi connectivity index (χ0) is 9.52. The van der Waals surface area contributed by atoms with Crippen molar-refractivity contribution in [3.05, 3.63) is 30.3 Å². The maximum atomic E-state index is 12.7. The summed E-state index contributed by atoms with van der Waals surface area (Å²) in [6, 6.07) is 5.32. The van der Waals surface area contributed by atoms with Crippen molar-refractivity contribution in [2.45, 2.75) is 4.97 Å². The molecule has 0 nitrogen and oxygen atoms in total. The van der Waals surface area contributed by atoms with Gasteiger partial charge in [0.1, 0.15) is 0 Å².